The summed E-state index contributed by atoms with van der Waals surface area (Å²) in [5.41, 5.74) is 1.46. The zero-order valence-electron chi connectivity index (χ0n) is 13.9. The van der Waals surface area contributed by atoms with Crippen LogP contribution in [-0.2, 0) is 35.2 Å². The van der Waals surface area contributed by atoms with E-state index in [2.05, 4.69) is 15.9 Å². The minimum Gasteiger partial charge on any atom is -0.369 e. The molecule has 138 valence electrons. The molecular formula is C14H22BrNO6S2. The highest BCUT2D eigenvalue weighted by atomic mass is 79.9. The second-order valence-electron chi connectivity index (χ2n) is 5.25. The predicted molar refractivity (Wildman–Crippen MR) is 97.1 cm³/mol. The van der Waals surface area contributed by atoms with Crippen LogP contribution >= 0.6 is 15.9 Å². The average molecular weight is 444 g/mol. The van der Waals surface area contributed by atoms with Gasteiger partial charge >= 0.3 is 0 Å². The van der Waals surface area contributed by atoms with Gasteiger partial charge in [0.2, 0.25) is 0 Å². The molecule has 0 heterocycles. The van der Waals surface area contributed by atoms with Crippen molar-refractivity contribution in [2.24, 2.45) is 0 Å². The van der Waals surface area contributed by atoms with Gasteiger partial charge in [0.05, 0.1) is 25.7 Å². The van der Waals surface area contributed by atoms with E-state index in [-0.39, 0.29) is 13.2 Å². The third-order valence-corrected chi connectivity index (χ3v) is 4.60. The fraction of sp³-hybridized carbons (Fsp3) is 0.571. The summed E-state index contributed by atoms with van der Waals surface area (Å²) >= 11 is 3.39. The van der Waals surface area contributed by atoms with E-state index in [1.54, 1.807) is 12.1 Å². The van der Waals surface area contributed by atoms with E-state index < -0.39 is 20.2 Å². The lowest BCUT2D eigenvalue weighted by Gasteiger charge is -2.26. The van der Waals surface area contributed by atoms with Gasteiger partial charge in [-0.2, -0.15) is 16.8 Å². The van der Waals surface area contributed by atoms with E-state index in [1.165, 1.54) is 0 Å². The SMILES string of the molecule is CCCN(CCOS(C)(=O)=O)c1cc(Br)ccc1COS(C)(=O)=O. The molecular weight excluding hydrogens is 422 g/mol. The Labute approximate surface area is 152 Å². The maximum atomic E-state index is 11.2. The highest BCUT2D eigenvalue weighted by molar-refractivity contribution is 9.10. The number of hydrogen-bond donors (Lipinski definition) is 0. The summed E-state index contributed by atoms with van der Waals surface area (Å²) < 4.78 is 55.2. The Morgan fingerprint density at radius 3 is 2.21 bits per heavy atom. The van der Waals surface area contributed by atoms with Gasteiger partial charge in [-0.05, 0) is 18.6 Å². The number of halogens is 1. The summed E-state index contributed by atoms with van der Waals surface area (Å²) in [6, 6.07) is 5.41. The van der Waals surface area contributed by atoms with Crippen LogP contribution < -0.4 is 4.90 Å². The topological polar surface area (TPSA) is 90.0 Å². The number of rotatable bonds is 10. The Bertz CT molecular complexity index is 749. The lowest BCUT2D eigenvalue weighted by Crippen LogP contribution is -2.30. The smallest absolute Gasteiger partial charge is 0.264 e. The molecule has 1 aromatic rings. The Kier molecular flexibility index (Phi) is 8.13. The molecule has 0 aromatic heterocycles. The molecule has 0 fully saturated rings. The molecule has 0 bridgehead atoms. The zero-order valence-corrected chi connectivity index (χ0v) is 17.1. The standard InChI is InChI=1S/C14H22BrNO6S2/c1-4-7-16(8-9-21-23(2,17)18)14-10-13(15)6-5-12(14)11-22-24(3,19)20/h5-6,10H,4,7-9,11H2,1-3H3. The molecule has 0 spiro atoms. The van der Waals surface area contributed by atoms with Crippen LogP contribution in [0.5, 0.6) is 0 Å². The predicted octanol–water partition coefficient (Wildman–Crippen LogP) is 2.12. The Morgan fingerprint density at radius 2 is 1.67 bits per heavy atom. The van der Waals surface area contributed by atoms with Crippen molar-refractivity contribution in [2.75, 3.05) is 37.1 Å². The van der Waals surface area contributed by atoms with Gasteiger partial charge in [0.1, 0.15) is 0 Å². The molecule has 0 saturated carbocycles. The first-order valence-electron chi connectivity index (χ1n) is 7.24. The van der Waals surface area contributed by atoms with Crippen molar-refractivity contribution in [1.29, 1.82) is 0 Å². The normalized spacial score (nSPS) is 12.3. The highest BCUT2D eigenvalue weighted by Gasteiger charge is 2.14. The average Bonchev–Trinajstić information content (AvgIpc) is 2.43. The van der Waals surface area contributed by atoms with E-state index >= 15 is 0 Å². The van der Waals surface area contributed by atoms with Crippen LogP contribution in [0.4, 0.5) is 5.69 Å². The molecule has 0 unspecified atom stereocenters. The van der Waals surface area contributed by atoms with Gasteiger partial charge in [-0.25, -0.2) is 0 Å². The summed E-state index contributed by atoms with van der Waals surface area (Å²) in [5, 5.41) is 0. The fourth-order valence-corrected chi connectivity index (χ4v) is 3.11. The lowest BCUT2D eigenvalue weighted by molar-refractivity contribution is 0.310. The van der Waals surface area contributed by atoms with Crippen molar-refractivity contribution in [2.45, 2.75) is 20.0 Å². The van der Waals surface area contributed by atoms with Gasteiger partial charge in [0.15, 0.2) is 0 Å². The van der Waals surface area contributed by atoms with E-state index in [1.807, 2.05) is 17.9 Å². The molecule has 0 aliphatic heterocycles. The first kappa shape index (κ1) is 21.4. The molecule has 1 aromatic carbocycles. The minimum absolute atomic E-state index is 0.0116. The van der Waals surface area contributed by atoms with Crippen molar-refractivity contribution in [1.82, 2.24) is 0 Å². The van der Waals surface area contributed by atoms with Gasteiger partial charge in [0, 0.05) is 28.8 Å². The molecule has 0 aliphatic rings. The Balaban J connectivity index is 3.00. The molecule has 0 amide bonds. The molecule has 10 heteroatoms. The molecule has 0 N–H and O–H groups in total. The molecule has 24 heavy (non-hydrogen) atoms. The number of benzene rings is 1. The summed E-state index contributed by atoms with van der Waals surface area (Å²) in [4.78, 5) is 1.94. The molecule has 0 saturated heterocycles. The van der Waals surface area contributed by atoms with Crippen molar-refractivity contribution in [3.05, 3.63) is 28.2 Å². The first-order valence-corrected chi connectivity index (χ1v) is 11.7. The summed E-state index contributed by atoms with van der Waals surface area (Å²) in [5.74, 6) is 0. The minimum atomic E-state index is -3.56. The van der Waals surface area contributed by atoms with Crippen LogP contribution in [0.2, 0.25) is 0 Å². The van der Waals surface area contributed by atoms with Crippen LogP contribution in [0.3, 0.4) is 0 Å². The molecule has 0 radical (unpaired) electrons. The molecule has 0 atom stereocenters. The van der Waals surface area contributed by atoms with E-state index in [0.29, 0.717) is 18.7 Å². The van der Waals surface area contributed by atoms with Crippen molar-refractivity contribution >= 4 is 41.9 Å². The van der Waals surface area contributed by atoms with E-state index in [0.717, 1.165) is 29.1 Å². The quantitative estimate of drug-likeness (QED) is 0.511. The monoisotopic (exact) mass is 443 g/mol. The second-order valence-corrected chi connectivity index (χ2v) is 9.46. The van der Waals surface area contributed by atoms with Crippen molar-refractivity contribution in [3.8, 4) is 0 Å². The zero-order chi connectivity index (χ0) is 18.4. The van der Waals surface area contributed by atoms with Crippen molar-refractivity contribution in [3.63, 3.8) is 0 Å². The molecule has 0 aliphatic carbocycles. The van der Waals surface area contributed by atoms with Crippen LogP contribution in [-0.4, -0.2) is 49.0 Å². The van der Waals surface area contributed by atoms with Crippen LogP contribution in [0.1, 0.15) is 18.9 Å². The maximum absolute atomic E-state index is 11.2. The second kappa shape index (κ2) is 9.14. The van der Waals surface area contributed by atoms with E-state index in [9.17, 15) is 16.8 Å². The van der Waals surface area contributed by atoms with Crippen LogP contribution in [0.25, 0.3) is 0 Å². The first-order chi connectivity index (χ1) is 11.0. The number of anilines is 1. The van der Waals surface area contributed by atoms with Crippen LogP contribution in [0, 0.1) is 0 Å². The number of nitrogens with zero attached hydrogens (tertiary/aromatic N) is 1. The van der Waals surface area contributed by atoms with Gasteiger partial charge in [-0.1, -0.05) is 28.9 Å². The largest absolute Gasteiger partial charge is 0.369 e. The van der Waals surface area contributed by atoms with E-state index in [4.69, 9.17) is 8.37 Å². The molecule has 1 rings (SSSR count). The summed E-state index contributed by atoms with van der Waals surface area (Å²) in [7, 11) is -7.06. The summed E-state index contributed by atoms with van der Waals surface area (Å²) in [6.07, 6.45) is 2.83. The third kappa shape index (κ3) is 8.43. The third-order valence-electron chi connectivity index (χ3n) is 2.97. The molecule has 7 nitrogen and oxygen atoms in total. The maximum Gasteiger partial charge on any atom is 0.264 e. The fourth-order valence-electron chi connectivity index (χ4n) is 2.05. The summed E-state index contributed by atoms with van der Waals surface area (Å²) in [6.45, 7) is 2.93. The Morgan fingerprint density at radius 1 is 1.04 bits per heavy atom. The van der Waals surface area contributed by atoms with Gasteiger partial charge in [-0.15, -0.1) is 0 Å². The van der Waals surface area contributed by atoms with Gasteiger partial charge in [-0.3, -0.25) is 8.37 Å². The lowest BCUT2D eigenvalue weighted by atomic mass is 10.1. The Hall–Kier alpha value is -0.680. The highest BCUT2D eigenvalue weighted by Crippen LogP contribution is 2.26. The van der Waals surface area contributed by atoms with Crippen LogP contribution in [0.15, 0.2) is 22.7 Å². The van der Waals surface area contributed by atoms with Crippen molar-refractivity contribution < 1.29 is 25.2 Å². The number of hydrogen-bond acceptors (Lipinski definition) is 7. The van der Waals surface area contributed by atoms with Gasteiger partial charge < -0.3 is 4.90 Å². The van der Waals surface area contributed by atoms with Gasteiger partial charge in [0.25, 0.3) is 20.2 Å².